The van der Waals surface area contributed by atoms with Crippen LogP contribution in [-0.4, -0.2) is 19.0 Å². The van der Waals surface area contributed by atoms with Crippen molar-refractivity contribution in [2.75, 3.05) is 13.2 Å². The molecule has 0 bridgehead atoms. The van der Waals surface area contributed by atoms with E-state index in [9.17, 15) is 4.79 Å². The maximum atomic E-state index is 11.4. The van der Waals surface area contributed by atoms with Gasteiger partial charge in [-0.25, -0.2) is 0 Å². The van der Waals surface area contributed by atoms with E-state index in [0.717, 1.165) is 19.4 Å². The van der Waals surface area contributed by atoms with Gasteiger partial charge in [0.05, 0.1) is 0 Å². The smallest absolute Gasteiger partial charge is 0.161 e. The van der Waals surface area contributed by atoms with Crippen LogP contribution >= 0.6 is 11.3 Å². The van der Waals surface area contributed by atoms with Crippen molar-refractivity contribution in [1.29, 1.82) is 0 Å². The Morgan fingerprint density at radius 1 is 1.62 bits per heavy atom. The molecule has 2 rings (SSSR count). The van der Waals surface area contributed by atoms with Crippen molar-refractivity contribution in [3.63, 3.8) is 0 Å². The van der Waals surface area contributed by atoms with Crippen LogP contribution in [0.2, 0.25) is 0 Å². The van der Waals surface area contributed by atoms with Gasteiger partial charge in [0.25, 0.3) is 0 Å². The summed E-state index contributed by atoms with van der Waals surface area (Å²) >= 11 is 1.73. The lowest BCUT2D eigenvalue weighted by atomic mass is 9.95. The topological polar surface area (TPSA) is 26.3 Å². The van der Waals surface area contributed by atoms with E-state index in [1.165, 1.54) is 4.88 Å². The van der Waals surface area contributed by atoms with Crippen molar-refractivity contribution >= 4 is 17.1 Å². The number of hydrogen-bond acceptors (Lipinski definition) is 3. The number of hydrogen-bond donors (Lipinski definition) is 0. The zero-order chi connectivity index (χ0) is 9.10. The molecule has 2 heterocycles. The molecule has 1 aliphatic rings. The molecule has 0 N–H and O–H groups in total. The summed E-state index contributed by atoms with van der Waals surface area (Å²) in [6, 6.07) is 4.12. The molecular weight excluding hydrogens is 184 g/mol. The number of carbonyl (C=O) groups excluding carboxylic acids is 1. The van der Waals surface area contributed by atoms with Crippen LogP contribution in [0.3, 0.4) is 0 Å². The Bertz CT molecular complexity index is 279. The molecule has 1 aliphatic heterocycles. The van der Waals surface area contributed by atoms with Gasteiger partial charge in [-0.15, -0.1) is 11.3 Å². The third-order valence-corrected chi connectivity index (χ3v) is 3.24. The van der Waals surface area contributed by atoms with Gasteiger partial charge in [0.2, 0.25) is 0 Å². The molecule has 70 valence electrons. The molecule has 0 saturated carbocycles. The lowest BCUT2D eigenvalue weighted by Gasteiger charge is -2.19. The average molecular weight is 196 g/mol. The molecule has 0 radical (unpaired) electrons. The van der Waals surface area contributed by atoms with E-state index in [0.29, 0.717) is 6.61 Å². The van der Waals surface area contributed by atoms with Gasteiger partial charge >= 0.3 is 0 Å². The van der Waals surface area contributed by atoms with Crippen LogP contribution in [-0.2, 0) is 16.0 Å². The third-order valence-electron chi connectivity index (χ3n) is 2.34. The molecule has 1 aromatic rings. The second-order valence-corrected chi connectivity index (χ2v) is 4.32. The molecule has 0 aromatic carbocycles. The molecule has 2 nitrogen and oxygen atoms in total. The number of rotatable bonds is 2. The molecule has 1 atom stereocenters. The number of Topliss-reactive ketones (excluding diaryl/α,β-unsaturated/α-hetero) is 1. The van der Waals surface area contributed by atoms with Crippen LogP contribution in [0.1, 0.15) is 11.3 Å². The fraction of sp³-hybridized carbons (Fsp3) is 0.500. The Morgan fingerprint density at radius 3 is 3.23 bits per heavy atom. The molecule has 0 spiro atoms. The predicted molar refractivity (Wildman–Crippen MR) is 52.0 cm³/mol. The lowest BCUT2D eigenvalue weighted by Crippen LogP contribution is -2.28. The zero-order valence-corrected chi connectivity index (χ0v) is 8.18. The maximum Gasteiger partial charge on any atom is 0.161 e. The summed E-state index contributed by atoms with van der Waals surface area (Å²) < 4.78 is 5.09. The number of carbonyl (C=O) groups is 1. The SMILES string of the molecule is O=C1COCCC1Cc1cccs1. The molecule has 0 aliphatic carbocycles. The number of ether oxygens (including phenoxy) is 1. The van der Waals surface area contributed by atoms with E-state index in [1.807, 2.05) is 6.07 Å². The average Bonchev–Trinajstić information content (AvgIpc) is 2.61. The summed E-state index contributed by atoms with van der Waals surface area (Å²) in [6.07, 6.45) is 1.79. The number of ketones is 1. The van der Waals surface area contributed by atoms with E-state index in [-0.39, 0.29) is 11.7 Å². The Morgan fingerprint density at radius 2 is 2.54 bits per heavy atom. The van der Waals surface area contributed by atoms with Crippen molar-refractivity contribution in [2.45, 2.75) is 12.8 Å². The Hall–Kier alpha value is -0.670. The summed E-state index contributed by atoms with van der Waals surface area (Å²) in [6.45, 7) is 1.05. The van der Waals surface area contributed by atoms with Gasteiger partial charge in [0.1, 0.15) is 6.61 Å². The molecule has 1 unspecified atom stereocenters. The minimum Gasteiger partial charge on any atom is -0.374 e. The van der Waals surface area contributed by atoms with E-state index < -0.39 is 0 Å². The first kappa shape index (κ1) is 8.91. The van der Waals surface area contributed by atoms with Crippen LogP contribution in [0.4, 0.5) is 0 Å². The summed E-state index contributed by atoms with van der Waals surface area (Å²) in [7, 11) is 0. The minimum atomic E-state index is 0.201. The van der Waals surface area contributed by atoms with E-state index >= 15 is 0 Å². The van der Waals surface area contributed by atoms with Crippen molar-refractivity contribution in [3.8, 4) is 0 Å². The van der Waals surface area contributed by atoms with E-state index in [2.05, 4.69) is 11.4 Å². The minimum absolute atomic E-state index is 0.201. The van der Waals surface area contributed by atoms with Gasteiger partial charge in [0, 0.05) is 17.4 Å². The van der Waals surface area contributed by atoms with Gasteiger partial charge in [0.15, 0.2) is 5.78 Å². The van der Waals surface area contributed by atoms with Gasteiger partial charge in [-0.3, -0.25) is 4.79 Å². The van der Waals surface area contributed by atoms with Crippen LogP contribution in [0, 0.1) is 5.92 Å². The lowest BCUT2D eigenvalue weighted by molar-refractivity contribution is -0.132. The first-order chi connectivity index (χ1) is 6.36. The summed E-state index contributed by atoms with van der Waals surface area (Å²) in [5.41, 5.74) is 0. The maximum absolute atomic E-state index is 11.4. The third kappa shape index (κ3) is 2.17. The second kappa shape index (κ2) is 4.03. The molecule has 3 heteroatoms. The first-order valence-corrected chi connectivity index (χ1v) is 5.37. The highest BCUT2D eigenvalue weighted by molar-refractivity contribution is 7.09. The molecule has 13 heavy (non-hydrogen) atoms. The van der Waals surface area contributed by atoms with Gasteiger partial charge in [-0.2, -0.15) is 0 Å². The highest BCUT2D eigenvalue weighted by Gasteiger charge is 2.22. The monoisotopic (exact) mass is 196 g/mol. The highest BCUT2D eigenvalue weighted by Crippen LogP contribution is 2.20. The van der Waals surface area contributed by atoms with Gasteiger partial charge in [-0.1, -0.05) is 6.07 Å². The fourth-order valence-corrected chi connectivity index (χ4v) is 2.35. The van der Waals surface area contributed by atoms with Crippen LogP contribution in [0.25, 0.3) is 0 Å². The first-order valence-electron chi connectivity index (χ1n) is 4.49. The van der Waals surface area contributed by atoms with Crippen molar-refractivity contribution < 1.29 is 9.53 Å². The second-order valence-electron chi connectivity index (χ2n) is 3.29. The standard InChI is InChI=1S/C10H12O2S/c11-10-7-12-4-3-8(10)6-9-2-1-5-13-9/h1-2,5,8H,3-4,6-7H2. The Kier molecular flexibility index (Phi) is 2.76. The molecular formula is C10H12O2S. The molecule has 1 aromatic heterocycles. The zero-order valence-electron chi connectivity index (χ0n) is 7.36. The normalized spacial score (nSPS) is 23.4. The molecule has 1 fully saturated rings. The van der Waals surface area contributed by atoms with Gasteiger partial charge in [-0.05, 0) is 24.3 Å². The van der Waals surface area contributed by atoms with E-state index in [1.54, 1.807) is 11.3 Å². The summed E-state index contributed by atoms with van der Waals surface area (Å²) in [5, 5.41) is 2.05. The Balaban J connectivity index is 1.97. The number of thiophene rings is 1. The quantitative estimate of drug-likeness (QED) is 0.722. The summed E-state index contributed by atoms with van der Waals surface area (Å²) in [5.74, 6) is 0.465. The van der Waals surface area contributed by atoms with Crippen molar-refractivity contribution in [2.24, 2.45) is 5.92 Å². The molecule has 1 saturated heterocycles. The predicted octanol–water partition coefficient (Wildman–Crippen LogP) is 1.90. The fourth-order valence-electron chi connectivity index (χ4n) is 1.56. The van der Waals surface area contributed by atoms with Crippen LogP contribution in [0.15, 0.2) is 17.5 Å². The molecule has 0 amide bonds. The van der Waals surface area contributed by atoms with Crippen molar-refractivity contribution in [1.82, 2.24) is 0 Å². The van der Waals surface area contributed by atoms with Crippen LogP contribution < -0.4 is 0 Å². The highest BCUT2D eigenvalue weighted by atomic mass is 32.1. The Labute approximate surface area is 81.5 Å². The van der Waals surface area contributed by atoms with Crippen molar-refractivity contribution in [3.05, 3.63) is 22.4 Å². The summed E-state index contributed by atoms with van der Waals surface area (Å²) in [4.78, 5) is 12.7. The van der Waals surface area contributed by atoms with Crippen LogP contribution in [0.5, 0.6) is 0 Å². The van der Waals surface area contributed by atoms with Gasteiger partial charge < -0.3 is 4.74 Å². The largest absolute Gasteiger partial charge is 0.374 e. The van der Waals surface area contributed by atoms with E-state index in [4.69, 9.17) is 4.74 Å².